The standard InChI is InChI=1S/C29H37NO2/c1-2-3-4-5-6-7-8-9-10-11-12-13-14-15-16-24-29(31)32-30-25-27-22-19-21-26-20-17-18-23-28(26)27/h17-23,30H,2-13,25H2,1H3/q+1. The molecule has 2 aromatic rings. The first kappa shape index (κ1) is 25.5. The lowest BCUT2D eigenvalue weighted by atomic mass is 10.1. The van der Waals surface area contributed by atoms with Crippen molar-refractivity contribution >= 4 is 16.7 Å². The number of unbranched alkanes of at least 4 members (excludes halogenated alkanes) is 11. The molecule has 1 N–H and O–H groups in total. The van der Waals surface area contributed by atoms with Crippen LogP contribution in [0.3, 0.4) is 0 Å². The topological polar surface area (TPSA) is 41.2 Å². The van der Waals surface area contributed by atoms with E-state index in [1.54, 1.807) is 0 Å². The Morgan fingerprint density at radius 3 is 2.22 bits per heavy atom. The highest BCUT2D eigenvalue weighted by molar-refractivity contribution is 5.89. The van der Waals surface area contributed by atoms with Gasteiger partial charge < -0.3 is 0 Å². The highest BCUT2D eigenvalue weighted by Crippen LogP contribution is 2.18. The number of carbonyl (C=O) groups is 1. The van der Waals surface area contributed by atoms with Gasteiger partial charge in [-0.2, -0.15) is 4.84 Å². The normalized spacial score (nSPS) is 10.2. The van der Waals surface area contributed by atoms with Crippen molar-refractivity contribution in [3.05, 3.63) is 48.0 Å². The quantitative estimate of drug-likeness (QED) is 0.150. The molecule has 0 heterocycles. The molecule has 169 valence electrons. The van der Waals surface area contributed by atoms with Gasteiger partial charge >= 0.3 is 5.97 Å². The predicted octanol–water partition coefficient (Wildman–Crippen LogP) is 7.10. The van der Waals surface area contributed by atoms with Crippen LogP contribution in [0.5, 0.6) is 0 Å². The molecule has 0 aliphatic rings. The highest BCUT2D eigenvalue weighted by Gasteiger charge is 2.13. The summed E-state index contributed by atoms with van der Waals surface area (Å²) in [7, 11) is 0. The van der Waals surface area contributed by atoms with Gasteiger partial charge in [0.2, 0.25) is 0 Å². The molecule has 32 heavy (non-hydrogen) atoms. The van der Waals surface area contributed by atoms with Crippen molar-refractivity contribution in [3.63, 3.8) is 0 Å². The molecule has 0 spiro atoms. The number of carbonyl (C=O) groups excluding carboxylic acids is 1. The predicted molar refractivity (Wildman–Crippen MR) is 134 cm³/mol. The number of rotatable bonds is 14. The molecule has 0 unspecified atom stereocenters. The zero-order valence-corrected chi connectivity index (χ0v) is 19.6. The largest absolute Gasteiger partial charge is 0.679 e. The maximum absolute atomic E-state index is 11.7. The summed E-state index contributed by atoms with van der Waals surface area (Å²) in [5, 5.41) is 2.30. The van der Waals surface area contributed by atoms with Gasteiger partial charge in [0.25, 0.3) is 0 Å². The SMILES string of the molecule is CCCCCCCCCCCCCC#CC#CC(=[O+])ONCc1cccc2ccccc12. The zero-order chi connectivity index (χ0) is 22.7. The van der Waals surface area contributed by atoms with Crippen LogP contribution in [0.2, 0.25) is 0 Å². The van der Waals surface area contributed by atoms with E-state index in [1.807, 2.05) is 24.3 Å². The fraction of sp³-hybridized carbons (Fsp3) is 0.483. The first-order valence-electron chi connectivity index (χ1n) is 12.2. The third-order valence-electron chi connectivity index (χ3n) is 5.53. The monoisotopic (exact) mass is 431 g/mol. The number of benzene rings is 2. The zero-order valence-electron chi connectivity index (χ0n) is 19.6. The lowest BCUT2D eigenvalue weighted by Crippen LogP contribution is -2.18. The molecule has 2 aromatic carbocycles. The number of fused-ring (bicyclic) bond motifs is 1. The minimum absolute atomic E-state index is 0.430. The summed E-state index contributed by atoms with van der Waals surface area (Å²) in [4.78, 5) is 16.7. The molecular formula is C29H37NO2+. The van der Waals surface area contributed by atoms with Crippen molar-refractivity contribution < 1.29 is 9.63 Å². The van der Waals surface area contributed by atoms with E-state index in [0.29, 0.717) is 6.54 Å². The molecule has 0 fully saturated rings. The minimum Gasteiger partial charge on any atom is -0.188 e. The van der Waals surface area contributed by atoms with Gasteiger partial charge in [-0.1, -0.05) is 120 Å². The van der Waals surface area contributed by atoms with E-state index in [9.17, 15) is 4.79 Å². The van der Waals surface area contributed by atoms with Crippen LogP contribution in [0.1, 0.15) is 89.5 Å². The Bertz CT molecular complexity index is 921. The van der Waals surface area contributed by atoms with Gasteiger partial charge in [-0.3, -0.25) is 0 Å². The average Bonchev–Trinajstić information content (AvgIpc) is 2.81. The van der Waals surface area contributed by atoms with Crippen LogP contribution in [0, 0.1) is 23.7 Å². The van der Waals surface area contributed by atoms with Crippen molar-refractivity contribution in [2.45, 2.75) is 90.5 Å². The molecule has 3 nitrogen and oxygen atoms in total. The molecule has 0 aliphatic heterocycles. The van der Waals surface area contributed by atoms with Crippen molar-refractivity contribution in [3.8, 4) is 23.7 Å². The molecule has 0 saturated carbocycles. The van der Waals surface area contributed by atoms with E-state index < -0.39 is 5.97 Å². The Labute approximate surface area is 194 Å². The second kappa shape index (κ2) is 16.9. The fourth-order valence-corrected chi connectivity index (χ4v) is 3.72. The van der Waals surface area contributed by atoms with Crippen LogP contribution in [0.25, 0.3) is 10.8 Å². The minimum atomic E-state index is -0.616. The van der Waals surface area contributed by atoms with Gasteiger partial charge in [0.05, 0.1) is 11.3 Å². The number of nitrogens with one attached hydrogen (secondary N) is 1. The third kappa shape index (κ3) is 11.0. The summed E-state index contributed by atoms with van der Waals surface area (Å²) in [6.45, 7) is 2.69. The number of hydrogen-bond donors (Lipinski definition) is 1. The van der Waals surface area contributed by atoms with Crippen molar-refractivity contribution in [1.82, 2.24) is 5.48 Å². The third-order valence-corrected chi connectivity index (χ3v) is 5.53. The van der Waals surface area contributed by atoms with Crippen LogP contribution in [0.15, 0.2) is 42.5 Å². The van der Waals surface area contributed by atoms with Gasteiger partial charge in [-0.05, 0) is 34.2 Å². The van der Waals surface area contributed by atoms with E-state index >= 15 is 0 Å². The second-order valence-electron chi connectivity index (χ2n) is 8.19. The molecule has 0 amide bonds. The van der Waals surface area contributed by atoms with Crippen molar-refractivity contribution in [1.29, 1.82) is 0 Å². The lowest BCUT2D eigenvalue weighted by molar-refractivity contribution is -0.144. The molecule has 0 saturated heterocycles. The molecule has 1 radical (unpaired) electrons. The van der Waals surface area contributed by atoms with E-state index in [2.05, 4.69) is 54.3 Å². The van der Waals surface area contributed by atoms with Gasteiger partial charge in [0.15, 0.2) is 0 Å². The maximum atomic E-state index is 11.7. The number of hydroxylamine groups is 1. The van der Waals surface area contributed by atoms with Crippen LogP contribution < -0.4 is 5.48 Å². The van der Waals surface area contributed by atoms with Crippen LogP contribution in [0.4, 0.5) is 0 Å². The smallest absolute Gasteiger partial charge is 0.188 e. The highest BCUT2D eigenvalue weighted by atomic mass is 16.7. The first-order valence-corrected chi connectivity index (χ1v) is 12.2. The van der Waals surface area contributed by atoms with Crippen LogP contribution in [-0.2, 0) is 16.2 Å². The second-order valence-corrected chi connectivity index (χ2v) is 8.19. The lowest BCUT2D eigenvalue weighted by Gasteiger charge is -2.03. The Morgan fingerprint density at radius 1 is 0.812 bits per heavy atom. The van der Waals surface area contributed by atoms with Gasteiger partial charge in [-0.25, -0.2) is 0 Å². The summed E-state index contributed by atoms with van der Waals surface area (Å²) >= 11 is 0. The average molecular weight is 432 g/mol. The summed E-state index contributed by atoms with van der Waals surface area (Å²) in [5.41, 5.74) is 3.76. The molecule has 0 bridgehead atoms. The van der Waals surface area contributed by atoms with E-state index in [0.717, 1.165) is 29.2 Å². The molecule has 0 aliphatic carbocycles. The molecule has 0 aromatic heterocycles. The summed E-state index contributed by atoms with van der Waals surface area (Å²) in [5.74, 6) is 10.1. The summed E-state index contributed by atoms with van der Waals surface area (Å²) in [6, 6.07) is 14.2. The Morgan fingerprint density at radius 2 is 1.47 bits per heavy atom. The van der Waals surface area contributed by atoms with Crippen molar-refractivity contribution in [2.75, 3.05) is 0 Å². The van der Waals surface area contributed by atoms with Gasteiger partial charge in [0, 0.05) is 12.3 Å². The molecule has 2 rings (SSSR count). The van der Waals surface area contributed by atoms with E-state index in [4.69, 9.17) is 4.84 Å². The Kier molecular flexibility index (Phi) is 13.5. The van der Waals surface area contributed by atoms with E-state index in [1.165, 1.54) is 64.2 Å². The van der Waals surface area contributed by atoms with Crippen LogP contribution in [-0.4, -0.2) is 5.97 Å². The van der Waals surface area contributed by atoms with Crippen molar-refractivity contribution in [2.24, 2.45) is 0 Å². The van der Waals surface area contributed by atoms with Crippen LogP contribution >= 0.6 is 0 Å². The summed E-state index contributed by atoms with van der Waals surface area (Å²) in [6.07, 6.45) is 15.4. The summed E-state index contributed by atoms with van der Waals surface area (Å²) < 4.78 is 0. The Hall–Kier alpha value is -2.75. The first-order chi connectivity index (χ1) is 15.8. The Balaban J connectivity index is 1.49. The van der Waals surface area contributed by atoms with E-state index in [-0.39, 0.29) is 0 Å². The number of hydrogen-bond acceptors (Lipinski definition) is 3. The van der Waals surface area contributed by atoms with Gasteiger partial charge in [0.1, 0.15) is 5.92 Å². The maximum Gasteiger partial charge on any atom is 0.679 e. The molecular weight excluding hydrogens is 394 g/mol. The molecule has 3 heteroatoms. The molecule has 0 atom stereocenters. The van der Waals surface area contributed by atoms with Gasteiger partial charge in [-0.15, -0.1) is 0 Å². The fourth-order valence-electron chi connectivity index (χ4n) is 3.72.